The van der Waals surface area contributed by atoms with Crippen LogP contribution in [0.25, 0.3) is 0 Å². The van der Waals surface area contributed by atoms with Gasteiger partial charge in [0.1, 0.15) is 22.6 Å². The highest BCUT2D eigenvalue weighted by Crippen LogP contribution is 2.30. The number of carbonyl (C=O) groups is 2. The van der Waals surface area contributed by atoms with E-state index in [2.05, 4.69) is 5.32 Å². The van der Waals surface area contributed by atoms with Crippen LogP contribution in [0.3, 0.4) is 0 Å². The Morgan fingerprint density at radius 3 is 2.48 bits per heavy atom. The maximum atomic E-state index is 12.5. The van der Waals surface area contributed by atoms with Crippen LogP contribution < -0.4 is 14.8 Å². The molecule has 1 unspecified atom stereocenters. The molecule has 0 aromatic heterocycles. The molecule has 7 nitrogen and oxygen atoms in total. The normalized spacial score (nSPS) is 19.9. The van der Waals surface area contributed by atoms with E-state index in [1.54, 1.807) is 52.9 Å². The Balaban J connectivity index is 1.99. The third-order valence-electron chi connectivity index (χ3n) is 3.90. The maximum Gasteiger partial charge on any atom is 0.408 e. The summed E-state index contributed by atoms with van der Waals surface area (Å²) in [7, 11) is 3.16. The standard InChI is InChI=1S/C18H26N2O5/c1-17(2,3)25-16(22)19-18(4)11-20(15(18)21)10-12-7-8-13(23-5)9-14(12)24-6/h7-9H,10-11H2,1-6H3,(H,19,22). The van der Waals surface area contributed by atoms with Gasteiger partial charge in [-0.25, -0.2) is 4.79 Å². The number of amides is 2. The summed E-state index contributed by atoms with van der Waals surface area (Å²) in [5.74, 6) is 1.18. The molecule has 1 aliphatic heterocycles. The van der Waals surface area contributed by atoms with Crippen LogP contribution in [0.2, 0.25) is 0 Å². The molecule has 138 valence electrons. The van der Waals surface area contributed by atoms with Crippen LogP contribution in [0.15, 0.2) is 18.2 Å². The second-order valence-electron chi connectivity index (χ2n) is 7.30. The van der Waals surface area contributed by atoms with Crippen molar-refractivity contribution < 1.29 is 23.8 Å². The summed E-state index contributed by atoms with van der Waals surface area (Å²) in [6, 6.07) is 5.46. The van der Waals surface area contributed by atoms with Crippen LogP contribution in [-0.2, 0) is 16.1 Å². The molecule has 2 amide bonds. The van der Waals surface area contributed by atoms with Gasteiger partial charge < -0.3 is 24.4 Å². The largest absolute Gasteiger partial charge is 0.497 e. The van der Waals surface area contributed by atoms with Crippen LogP contribution in [0.1, 0.15) is 33.3 Å². The van der Waals surface area contributed by atoms with Gasteiger partial charge in [-0.3, -0.25) is 4.79 Å². The van der Waals surface area contributed by atoms with Gasteiger partial charge >= 0.3 is 6.09 Å². The third-order valence-corrected chi connectivity index (χ3v) is 3.90. The Morgan fingerprint density at radius 2 is 1.96 bits per heavy atom. The molecule has 0 spiro atoms. The van der Waals surface area contributed by atoms with Crippen molar-refractivity contribution in [2.45, 2.75) is 45.4 Å². The van der Waals surface area contributed by atoms with Crippen LogP contribution in [-0.4, -0.2) is 48.8 Å². The summed E-state index contributed by atoms with van der Waals surface area (Å²) in [6.45, 7) is 7.83. The summed E-state index contributed by atoms with van der Waals surface area (Å²) in [5.41, 5.74) is -0.679. The summed E-state index contributed by atoms with van der Waals surface area (Å²) in [6.07, 6.45) is -0.593. The number of carbonyl (C=O) groups excluding carboxylic acids is 2. The Bertz CT molecular complexity index is 668. The Kier molecular flexibility index (Phi) is 5.15. The Hall–Kier alpha value is -2.44. The van der Waals surface area contributed by atoms with Crippen molar-refractivity contribution in [1.82, 2.24) is 10.2 Å². The molecule has 25 heavy (non-hydrogen) atoms. The van der Waals surface area contributed by atoms with Gasteiger partial charge in [-0.05, 0) is 39.8 Å². The summed E-state index contributed by atoms with van der Waals surface area (Å²) < 4.78 is 15.7. The zero-order valence-electron chi connectivity index (χ0n) is 15.6. The highest BCUT2D eigenvalue weighted by Gasteiger charge is 2.50. The second kappa shape index (κ2) is 6.82. The summed E-state index contributed by atoms with van der Waals surface area (Å²) in [5, 5.41) is 2.66. The van der Waals surface area contributed by atoms with Gasteiger partial charge in [0.2, 0.25) is 5.91 Å². The number of hydrogen-bond acceptors (Lipinski definition) is 5. The lowest BCUT2D eigenvalue weighted by atomic mass is 9.90. The van der Waals surface area contributed by atoms with E-state index in [-0.39, 0.29) is 5.91 Å². The number of ether oxygens (including phenoxy) is 3. The molecule has 1 fully saturated rings. The van der Waals surface area contributed by atoms with Crippen molar-refractivity contribution in [3.63, 3.8) is 0 Å². The Labute approximate surface area is 148 Å². The fraction of sp³-hybridized carbons (Fsp3) is 0.556. The fourth-order valence-electron chi connectivity index (χ4n) is 2.72. The first-order chi connectivity index (χ1) is 11.6. The zero-order chi connectivity index (χ0) is 18.8. The predicted molar refractivity (Wildman–Crippen MR) is 92.7 cm³/mol. The maximum absolute atomic E-state index is 12.5. The van der Waals surface area contributed by atoms with Crippen molar-refractivity contribution in [3.05, 3.63) is 23.8 Å². The second-order valence-corrected chi connectivity index (χ2v) is 7.30. The third kappa shape index (κ3) is 4.35. The van der Waals surface area contributed by atoms with E-state index in [1.165, 1.54) is 0 Å². The number of nitrogens with one attached hydrogen (secondary N) is 1. The fourth-order valence-corrected chi connectivity index (χ4v) is 2.72. The van der Waals surface area contributed by atoms with E-state index in [0.29, 0.717) is 24.6 Å². The first-order valence-electron chi connectivity index (χ1n) is 8.09. The van der Waals surface area contributed by atoms with E-state index in [1.807, 2.05) is 12.1 Å². The molecule has 0 radical (unpaired) electrons. The molecule has 1 N–H and O–H groups in total. The average molecular weight is 350 g/mol. The highest BCUT2D eigenvalue weighted by molar-refractivity contribution is 5.95. The van der Waals surface area contributed by atoms with Gasteiger partial charge in [0.25, 0.3) is 0 Å². The topological polar surface area (TPSA) is 77.1 Å². The molecular formula is C18H26N2O5. The van der Waals surface area contributed by atoms with Gasteiger partial charge in [0, 0.05) is 18.2 Å². The minimum atomic E-state index is -0.942. The van der Waals surface area contributed by atoms with Gasteiger partial charge in [0.15, 0.2) is 0 Å². The molecule has 1 aliphatic rings. The monoisotopic (exact) mass is 350 g/mol. The van der Waals surface area contributed by atoms with Crippen molar-refractivity contribution in [3.8, 4) is 11.5 Å². The van der Waals surface area contributed by atoms with Crippen LogP contribution in [0.5, 0.6) is 11.5 Å². The van der Waals surface area contributed by atoms with Crippen molar-refractivity contribution in [2.75, 3.05) is 20.8 Å². The van der Waals surface area contributed by atoms with Gasteiger partial charge in [0.05, 0.1) is 20.8 Å². The van der Waals surface area contributed by atoms with Crippen molar-refractivity contribution in [2.24, 2.45) is 0 Å². The van der Waals surface area contributed by atoms with Crippen LogP contribution in [0.4, 0.5) is 4.79 Å². The zero-order valence-corrected chi connectivity index (χ0v) is 15.6. The number of likely N-dealkylation sites (tertiary alicyclic amines) is 1. The van der Waals surface area contributed by atoms with E-state index < -0.39 is 17.2 Å². The van der Waals surface area contributed by atoms with Crippen LogP contribution in [0, 0.1) is 0 Å². The van der Waals surface area contributed by atoms with E-state index in [9.17, 15) is 9.59 Å². The number of β-lactam (4-membered cyclic amide) rings is 1. The lowest BCUT2D eigenvalue weighted by Gasteiger charge is -2.46. The first kappa shape index (κ1) is 18.9. The van der Waals surface area contributed by atoms with Gasteiger partial charge in [-0.15, -0.1) is 0 Å². The minimum absolute atomic E-state index is 0.156. The lowest BCUT2D eigenvalue weighted by molar-refractivity contribution is -0.152. The lowest BCUT2D eigenvalue weighted by Crippen LogP contribution is -2.72. The van der Waals surface area contributed by atoms with Crippen molar-refractivity contribution in [1.29, 1.82) is 0 Å². The molecule has 1 heterocycles. The molecule has 1 atom stereocenters. The van der Waals surface area contributed by atoms with E-state index in [0.717, 1.165) is 5.56 Å². The number of methoxy groups -OCH3 is 2. The molecule has 0 bridgehead atoms. The smallest absolute Gasteiger partial charge is 0.408 e. The Morgan fingerprint density at radius 1 is 1.28 bits per heavy atom. The molecule has 1 saturated heterocycles. The van der Waals surface area contributed by atoms with E-state index >= 15 is 0 Å². The number of hydrogen-bond donors (Lipinski definition) is 1. The number of rotatable bonds is 5. The molecule has 2 rings (SSSR count). The predicted octanol–water partition coefficient (Wildman–Crippen LogP) is 2.33. The number of nitrogens with zero attached hydrogens (tertiary/aromatic N) is 1. The molecule has 7 heteroatoms. The van der Waals surface area contributed by atoms with Gasteiger partial charge in [-0.2, -0.15) is 0 Å². The van der Waals surface area contributed by atoms with E-state index in [4.69, 9.17) is 14.2 Å². The summed E-state index contributed by atoms with van der Waals surface area (Å²) in [4.78, 5) is 26.1. The van der Waals surface area contributed by atoms with Crippen LogP contribution >= 0.6 is 0 Å². The molecular weight excluding hydrogens is 324 g/mol. The number of benzene rings is 1. The highest BCUT2D eigenvalue weighted by atomic mass is 16.6. The van der Waals surface area contributed by atoms with Crippen molar-refractivity contribution >= 4 is 12.0 Å². The molecule has 0 saturated carbocycles. The summed E-state index contributed by atoms with van der Waals surface area (Å²) >= 11 is 0. The first-order valence-corrected chi connectivity index (χ1v) is 8.09. The average Bonchev–Trinajstić information content (AvgIpc) is 2.52. The molecule has 0 aliphatic carbocycles. The SMILES string of the molecule is COc1ccc(CN2CC(C)(NC(=O)OC(C)(C)C)C2=O)c(OC)c1. The van der Waals surface area contributed by atoms with Gasteiger partial charge in [-0.1, -0.05) is 0 Å². The molecule has 1 aromatic rings. The number of alkyl carbamates (subject to hydrolysis) is 1. The molecule has 1 aromatic carbocycles. The minimum Gasteiger partial charge on any atom is -0.497 e. The quantitative estimate of drug-likeness (QED) is 0.825.